The van der Waals surface area contributed by atoms with Crippen LogP contribution in [0.5, 0.6) is 5.88 Å². The molecule has 0 bridgehead atoms. The standard InChI is InChI=1S/C9H11F2N3O5/c1-2-5(9(15)16)13-3-6(14(17)18)8(12-13)19-4-7(10)11/h3,5,7H,2,4H2,1H3,(H,15,16). The minimum atomic E-state index is -2.81. The Kier molecular flexibility index (Phi) is 4.73. The van der Waals surface area contributed by atoms with Crippen molar-refractivity contribution in [3.05, 3.63) is 16.3 Å². The average molecular weight is 279 g/mol. The summed E-state index contributed by atoms with van der Waals surface area (Å²) in [6, 6.07) is -1.12. The lowest BCUT2D eigenvalue weighted by molar-refractivity contribution is -0.386. The number of ether oxygens (including phenoxy) is 1. The van der Waals surface area contributed by atoms with Crippen molar-refractivity contribution in [1.82, 2.24) is 9.78 Å². The molecular formula is C9H11F2N3O5. The third-order valence-electron chi connectivity index (χ3n) is 2.21. The lowest BCUT2D eigenvalue weighted by Gasteiger charge is -2.08. The maximum Gasteiger partial charge on any atom is 0.350 e. The maximum absolute atomic E-state index is 12.0. The monoisotopic (exact) mass is 279 g/mol. The molecule has 0 aliphatic rings. The summed E-state index contributed by atoms with van der Waals surface area (Å²) >= 11 is 0. The molecule has 0 aliphatic carbocycles. The van der Waals surface area contributed by atoms with Crippen LogP contribution < -0.4 is 4.74 Å². The molecule has 1 aromatic heterocycles. The number of rotatable bonds is 7. The third-order valence-corrected chi connectivity index (χ3v) is 2.21. The zero-order valence-electron chi connectivity index (χ0n) is 9.82. The highest BCUT2D eigenvalue weighted by atomic mass is 19.3. The first-order chi connectivity index (χ1) is 8.86. The van der Waals surface area contributed by atoms with Crippen LogP contribution in [0.2, 0.25) is 0 Å². The summed E-state index contributed by atoms with van der Waals surface area (Å²) in [5.41, 5.74) is -0.652. The highest BCUT2D eigenvalue weighted by Crippen LogP contribution is 2.27. The van der Waals surface area contributed by atoms with Gasteiger partial charge >= 0.3 is 17.5 Å². The molecule has 1 aromatic rings. The van der Waals surface area contributed by atoms with E-state index in [1.165, 1.54) is 0 Å². The Labute approximate surface area is 105 Å². The molecule has 0 aliphatic heterocycles. The van der Waals surface area contributed by atoms with Crippen molar-refractivity contribution < 1.29 is 28.3 Å². The van der Waals surface area contributed by atoms with Gasteiger partial charge in [-0.25, -0.2) is 18.3 Å². The van der Waals surface area contributed by atoms with Crippen molar-refractivity contribution >= 4 is 11.7 Å². The van der Waals surface area contributed by atoms with E-state index in [4.69, 9.17) is 5.11 Å². The molecule has 0 spiro atoms. The maximum atomic E-state index is 12.0. The van der Waals surface area contributed by atoms with Crippen LogP contribution in [0.25, 0.3) is 0 Å². The van der Waals surface area contributed by atoms with Crippen molar-refractivity contribution in [1.29, 1.82) is 0 Å². The van der Waals surface area contributed by atoms with Gasteiger partial charge < -0.3 is 9.84 Å². The molecular weight excluding hydrogens is 268 g/mol. The molecule has 1 rings (SSSR count). The predicted molar refractivity (Wildman–Crippen MR) is 57.3 cm³/mol. The topological polar surface area (TPSA) is 107 Å². The van der Waals surface area contributed by atoms with Crippen LogP contribution in [0, 0.1) is 10.1 Å². The summed E-state index contributed by atoms with van der Waals surface area (Å²) in [4.78, 5) is 20.7. The van der Waals surface area contributed by atoms with Crippen LogP contribution in [-0.2, 0) is 4.79 Å². The molecule has 0 amide bonds. The van der Waals surface area contributed by atoms with Crippen molar-refractivity contribution in [2.45, 2.75) is 25.8 Å². The van der Waals surface area contributed by atoms with Crippen LogP contribution in [0.1, 0.15) is 19.4 Å². The number of aromatic nitrogens is 2. The number of carboxylic acids is 1. The molecule has 1 unspecified atom stereocenters. The van der Waals surface area contributed by atoms with Crippen LogP contribution >= 0.6 is 0 Å². The number of hydrogen-bond donors (Lipinski definition) is 1. The van der Waals surface area contributed by atoms with E-state index in [-0.39, 0.29) is 6.42 Å². The van der Waals surface area contributed by atoms with E-state index >= 15 is 0 Å². The van der Waals surface area contributed by atoms with Crippen molar-refractivity contribution in [2.24, 2.45) is 0 Å². The van der Waals surface area contributed by atoms with Crippen LogP contribution in [0.3, 0.4) is 0 Å². The van der Waals surface area contributed by atoms with Gasteiger partial charge in [0.1, 0.15) is 12.2 Å². The Balaban J connectivity index is 3.06. The van der Waals surface area contributed by atoms with Gasteiger partial charge in [0.05, 0.1) is 4.92 Å². The van der Waals surface area contributed by atoms with Gasteiger partial charge in [0.15, 0.2) is 6.61 Å². The van der Waals surface area contributed by atoms with Gasteiger partial charge in [0.2, 0.25) is 0 Å². The molecule has 0 saturated carbocycles. The number of carboxylic acid groups (broad SMARTS) is 1. The number of hydrogen-bond acceptors (Lipinski definition) is 5. The van der Waals surface area contributed by atoms with Crippen molar-refractivity contribution in [3.63, 3.8) is 0 Å². The van der Waals surface area contributed by atoms with Gasteiger partial charge in [-0.3, -0.25) is 10.1 Å². The molecule has 1 heterocycles. The summed E-state index contributed by atoms with van der Waals surface area (Å²) in [7, 11) is 0. The molecule has 106 valence electrons. The zero-order chi connectivity index (χ0) is 14.6. The fraction of sp³-hybridized carbons (Fsp3) is 0.556. The minimum Gasteiger partial charge on any atom is -0.480 e. The number of nitro groups is 1. The zero-order valence-corrected chi connectivity index (χ0v) is 9.82. The molecule has 0 aromatic carbocycles. The van der Waals surface area contributed by atoms with E-state index in [2.05, 4.69) is 9.84 Å². The summed E-state index contributed by atoms with van der Waals surface area (Å²) in [5, 5.41) is 23.1. The Morgan fingerprint density at radius 2 is 2.32 bits per heavy atom. The molecule has 0 saturated heterocycles. The fourth-order valence-electron chi connectivity index (χ4n) is 1.37. The minimum absolute atomic E-state index is 0.127. The number of halogens is 2. The van der Waals surface area contributed by atoms with Gasteiger partial charge in [-0.2, -0.15) is 0 Å². The number of nitrogens with zero attached hydrogens (tertiary/aromatic N) is 3. The summed E-state index contributed by atoms with van der Waals surface area (Å²) in [6.07, 6.45) is -1.84. The van der Waals surface area contributed by atoms with Crippen molar-refractivity contribution in [2.75, 3.05) is 6.61 Å². The molecule has 1 N–H and O–H groups in total. The van der Waals surface area contributed by atoms with E-state index in [0.717, 1.165) is 10.9 Å². The molecule has 8 nitrogen and oxygen atoms in total. The van der Waals surface area contributed by atoms with Gasteiger partial charge in [-0.1, -0.05) is 6.92 Å². The first-order valence-electron chi connectivity index (χ1n) is 5.24. The Morgan fingerprint density at radius 1 is 1.68 bits per heavy atom. The third kappa shape index (κ3) is 3.60. The van der Waals surface area contributed by atoms with E-state index in [1.807, 2.05) is 0 Å². The Morgan fingerprint density at radius 3 is 2.74 bits per heavy atom. The SMILES string of the molecule is CCC(C(=O)O)n1cc([N+](=O)[O-])c(OCC(F)F)n1. The smallest absolute Gasteiger partial charge is 0.350 e. The average Bonchev–Trinajstić information content (AvgIpc) is 2.71. The lowest BCUT2D eigenvalue weighted by atomic mass is 10.2. The van der Waals surface area contributed by atoms with Crippen LogP contribution in [0.4, 0.5) is 14.5 Å². The lowest BCUT2D eigenvalue weighted by Crippen LogP contribution is -2.18. The van der Waals surface area contributed by atoms with Gasteiger partial charge in [-0.05, 0) is 6.42 Å². The predicted octanol–water partition coefficient (Wildman–Crippen LogP) is 1.47. The summed E-state index contributed by atoms with van der Waals surface area (Å²) in [6.45, 7) is 0.494. The van der Waals surface area contributed by atoms with Crippen molar-refractivity contribution in [3.8, 4) is 5.88 Å². The number of aliphatic carboxylic acids is 1. The molecule has 0 fully saturated rings. The van der Waals surface area contributed by atoms with Gasteiger partial charge in [-0.15, -0.1) is 5.10 Å². The van der Waals surface area contributed by atoms with Gasteiger partial charge in [0, 0.05) is 0 Å². The van der Waals surface area contributed by atoms with Gasteiger partial charge in [0.25, 0.3) is 6.43 Å². The summed E-state index contributed by atoms with van der Waals surface area (Å²) < 4.78 is 29.3. The highest BCUT2D eigenvalue weighted by Gasteiger charge is 2.27. The second-order valence-corrected chi connectivity index (χ2v) is 3.52. The Hall–Kier alpha value is -2.26. The molecule has 10 heteroatoms. The summed E-state index contributed by atoms with van der Waals surface area (Å²) in [5.74, 6) is -1.86. The largest absolute Gasteiger partial charge is 0.480 e. The normalized spacial score (nSPS) is 12.4. The quantitative estimate of drug-likeness (QED) is 0.598. The van der Waals surface area contributed by atoms with Crippen LogP contribution in [-0.4, -0.2) is 38.8 Å². The molecule has 1 atom stereocenters. The number of alkyl halides is 2. The van der Waals surface area contributed by atoms with Crippen LogP contribution in [0.15, 0.2) is 6.20 Å². The van der Waals surface area contributed by atoms with E-state index < -0.39 is 41.5 Å². The Bertz CT molecular complexity index is 476. The first kappa shape index (κ1) is 14.8. The second-order valence-electron chi connectivity index (χ2n) is 3.52. The molecule has 19 heavy (non-hydrogen) atoms. The van der Waals surface area contributed by atoms with E-state index in [0.29, 0.717) is 0 Å². The second kappa shape index (κ2) is 6.07. The van der Waals surface area contributed by atoms with E-state index in [9.17, 15) is 23.7 Å². The number of carbonyl (C=O) groups is 1. The highest BCUT2D eigenvalue weighted by molar-refractivity contribution is 5.71. The fourth-order valence-corrected chi connectivity index (χ4v) is 1.37. The molecule has 0 radical (unpaired) electrons. The van der Waals surface area contributed by atoms with E-state index in [1.54, 1.807) is 6.92 Å². The first-order valence-corrected chi connectivity index (χ1v) is 5.24.